The summed E-state index contributed by atoms with van der Waals surface area (Å²) >= 11 is 0. The Morgan fingerprint density at radius 1 is 0.784 bits per heavy atom. The molecule has 0 saturated carbocycles. The summed E-state index contributed by atoms with van der Waals surface area (Å²) in [6.07, 6.45) is 7.33. The molecule has 6 aromatic rings. The topological polar surface area (TPSA) is 104 Å². The lowest BCUT2D eigenvalue weighted by molar-refractivity contribution is 0.102. The van der Waals surface area contributed by atoms with Gasteiger partial charge in [0, 0.05) is 51.1 Å². The number of nitrogens with zero attached hydrogens (tertiary/aromatic N) is 2. The number of benzene rings is 3. The van der Waals surface area contributed by atoms with Crippen molar-refractivity contribution in [1.82, 2.24) is 20.2 Å². The summed E-state index contributed by atoms with van der Waals surface area (Å²) in [5.41, 5.74) is 5.37. The SMILES string of the molecule is O=C(c1cccc(NC(=O)c2cccc3[nH]ccc23)c1)c1ccc2c(/C=C/c3ccccn3)n[nH]c2c1. The first-order valence-corrected chi connectivity index (χ1v) is 11.8. The number of hydrogen-bond acceptors (Lipinski definition) is 4. The number of hydrogen-bond donors (Lipinski definition) is 3. The molecule has 7 nitrogen and oxygen atoms in total. The highest BCUT2D eigenvalue weighted by Gasteiger charge is 2.15. The molecule has 0 atom stereocenters. The number of fused-ring (bicyclic) bond motifs is 2. The van der Waals surface area contributed by atoms with Crippen molar-refractivity contribution in [3.05, 3.63) is 125 Å². The highest BCUT2D eigenvalue weighted by atomic mass is 16.1. The molecule has 3 aromatic heterocycles. The normalized spacial score (nSPS) is 11.4. The Morgan fingerprint density at radius 3 is 2.57 bits per heavy atom. The Hall–Kier alpha value is -5.30. The highest BCUT2D eigenvalue weighted by molar-refractivity contribution is 6.14. The molecule has 0 aliphatic rings. The highest BCUT2D eigenvalue weighted by Crippen LogP contribution is 2.23. The monoisotopic (exact) mass is 483 g/mol. The van der Waals surface area contributed by atoms with Crippen LogP contribution < -0.4 is 5.32 Å². The van der Waals surface area contributed by atoms with Gasteiger partial charge < -0.3 is 10.3 Å². The second-order valence-corrected chi connectivity index (χ2v) is 8.57. The van der Waals surface area contributed by atoms with Gasteiger partial charge in [-0.2, -0.15) is 5.10 Å². The van der Waals surface area contributed by atoms with E-state index in [1.165, 1.54) is 0 Å². The van der Waals surface area contributed by atoms with Crippen LogP contribution in [0.15, 0.2) is 97.3 Å². The molecule has 0 unspecified atom stereocenters. The molecule has 6 rings (SSSR count). The number of amides is 1. The molecule has 7 heteroatoms. The maximum absolute atomic E-state index is 13.3. The van der Waals surface area contributed by atoms with Crippen molar-refractivity contribution in [3.63, 3.8) is 0 Å². The van der Waals surface area contributed by atoms with E-state index in [0.29, 0.717) is 22.4 Å². The first kappa shape index (κ1) is 22.2. The van der Waals surface area contributed by atoms with E-state index in [1.54, 1.807) is 54.9 Å². The fraction of sp³-hybridized carbons (Fsp3) is 0. The first-order chi connectivity index (χ1) is 18.2. The number of aromatic amines is 2. The third kappa shape index (κ3) is 4.41. The zero-order valence-corrected chi connectivity index (χ0v) is 19.6. The van der Waals surface area contributed by atoms with Crippen LogP contribution >= 0.6 is 0 Å². The van der Waals surface area contributed by atoms with E-state index in [9.17, 15) is 9.59 Å². The molecule has 0 aliphatic heterocycles. The van der Waals surface area contributed by atoms with E-state index in [4.69, 9.17) is 0 Å². The zero-order chi connectivity index (χ0) is 25.2. The fourth-order valence-corrected chi connectivity index (χ4v) is 4.33. The molecule has 37 heavy (non-hydrogen) atoms. The number of carbonyl (C=O) groups is 2. The Kier molecular flexibility index (Phi) is 5.63. The summed E-state index contributed by atoms with van der Waals surface area (Å²) in [5.74, 6) is -0.383. The van der Waals surface area contributed by atoms with Gasteiger partial charge >= 0.3 is 0 Å². The van der Waals surface area contributed by atoms with Crippen LogP contribution in [0.4, 0.5) is 5.69 Å². The maximum Gasteiger partial charge on any atom is 0.256 e. The predicted molar refractivity (Wildman–Crippen MR) is 145 cm³/mol. The number of anilines is 1. The van der Waals surface area contributed by atoms with Gasteiger partial charge in [0.15, 0.2) is 5.78 Å². The molecule has 1 amide bonds. The smallest absolute Gasteiger partial charge is 0.256 e. The van der Waals surface area contributed by atoms with Gasteiger partial charge in [-0.15, -0.1) is 0 Å². The van der Waals surface area contributed by atoms with E-state index in [0.717, 1.165) is 33.2 Å². The van der Waals surface area contributed by atoms with E-state index < -0.39 is 0 Å². The van der Waals surface area contributed by atoms with Crippen LogP contribution in [0.25, 0.3) is 34.0 Å². The number of ketones is 1. The molecule has 3 N–H and O–H groups in total. The standard InChI is InChI=1S/C30H21N5O2/c36-29(20-10-12-25-27(34-35-28(25)18-20)13-11-21-6-1-2-15-31-21)19-5-3-7-22(17-19)33-30(37)24-8-4-9-26-23(24)14-16-32-26/h1-18,32H,(H,33,37)(H,34,35)/b13-11+. The Morgan fingerprint density at radius 2 is 1.68 bits per heavy atom. The average molecular weight is 484 g/mol. The molecule has 0 aliphatic carbocycles. The molecule has 0 spiro atoms. The minimum atomic E-state index is -0.236. The van der Waals surface area contributed by atoms with Gasteiger partial charge in [0.1, 0.15) is 0 Å². The molecule has 0 radical (unpaired) electrons. The van der Waals surface area contributed by atoms with Crippen LogP contribution in [0.2, 0.25) is 0 Å². The maximum atomic E-state index is 13.3. The van der Waals surface area contributed by atoms with Gasteiger partial charge in [-0.1, -0.05) is 30.3 Å². The molecular formula is C30H21N5O2. The predicted octanol–water partition coefficient (Wildman–Crippen LogP) is 6.09. The number of H-pyrrole nitrogens is 2. The minimum absolute atomic E-state index is 0.147. The Balaban J connectivity index is 1.23. The molecule has 0 bridgehead atoms. The quantitative estimate of drug-likeness (QED) is 0.249. The van der Waals surface area contributed by atoms with Crippen LogP contribution in [-0.4, -0.2) is 31.9 Å². The van der Waals surface area contributed by atoms with E-state index in [-0.39, 0.29) is 11.7 Å². The lowest BCUT2D eigenvalue weighted by Crippen LogP contribution is -2.12. The second kappa shape index (κ2) is 9.39. The summed E-state index contributed by atoms with van der Waals surface area (Å²) < 4.78 is 0. The molecule has 0 saturated heterocycles. The summed E-state index contributed by atoms with van der Waals surface area (Å²) in [6, 6.07) is 25.5. The molecule has 3 aromatic carbocycles. The van der Waals surface area contributed by atoms with Crippen LogP contribution in [0.3, 0.4) is 0 Å². The van der Waals surface area contributed by atoms with Crippen molar-refractivity contribution in [3.8, 4) is 0 Å². The zero-order valence-electron chi connectivity index (χ0n) is 19.6. The first-order valence-electron chi connectivity index (χ1n) is 11.8. The largest absolute Gasteiger partial charge is 0.361 e. The molecule has 178 valence electrons. The fourth-order valence-electron chi connectivity index (χ4n) is 4.33. The van der Waals surface area contributed by atoms with Gasteiger partial charge in [0.05, 0.1) is 16.9 Å². The molecule has 0 fully saturated rings. The van der Waals surface area contributed by atoms with Gasteiger partial charge in [-0.3, -0.25) is 19.7 Å². The molecule has 3 heterocycles. The van der Waals surface area contributed by atoms with Crippen LogP contribution in [0.5, 0.6) is 0 Å². The van der Waals surface area contributed by atoms with Gasteiger partial charge in [0.25, 0.3) is 5.91 Å². The summed E-state index contributed by atoms with van der Waals surface area (Å²) in [7, 11) is 0. The van der Waals surface area contributed by atoms with Crippen molar-refractivity contribution in [1.29, 1.82) is 0 Å². The summed E-state index contributed by atoms with van der Waals surface area (Å²) in [5, 5.41) is 12.0. The van der Waals surface area contributed by atoms with Crippen LogP contribution in [0, 0.1) is 0 Å². The summed E-state index contributed by atoms with van der Waals surface area (Å²) in [6.45, 7) is 0. The number of rotatable bonds is 6. The van der Waals surface area contributed by atoms with Crippen molar-refractivity contribution in [2.24, 2.45) is 0 Å². The second-order valence-electron chi connectivity index (χ2n) is 8.57. The van der Waals surface area contributed by atoms with Gasteiger partial charge in [0.2, 0.25) is 0 Å². The van der Waals surface area contributed by atoms with Crippen molar-refractivity contribution >= 4 is 51.3 Å². The van der Waals surface area contributed by atoms with Crippen LogP contribution in [-0.2, 0) is 0 Å². The molecular weight excluding hydrogens is 462 g/mol. The minimum Gasteiger partial charge on any atom is -0.361 e. The number of nitrogens with one attached hydrogen (secondary N) is 3. The van der Waals surface area contributed by atoms with E-state index in [2.05, 4.69) is 25.5 Å². The Bertz CT molecular complexity index is 1800. The third-order valence-electron chi connectivity index (χ3n) is 6.18. The van der Waals surface area contributed by atoms with E-state index in [1.807, 2.05) is 54.6 Å². The van der Waals surface area contributed by atoms with Crippen molar-refractivity contribution in [2.45, 2.75) is 0 Å². The van der Waals surface area contributed by atoms with Crippen molar-refractivity contribution in [2.75, 3.05) is 5.32 Å². The van der Waals surface area contributed by atoms with Gasteiger partial charge in [-0.05, 0) is 66.7 Å². The van der Waals surface area contributed by atoms with Crippen molar-refractivity contribution < 1.29 is 9.59 Å². The average Bonchev–Trinajstić information content (AvgIpc) is 3.59. The number of carbonyl (C=O) groups excluding carboxylic acids is 2. The third-order valence-corrected chi connectivity index (χ3v) is 6.18. The lowest BCUT2D eigenvalue weighted by atomic mass is 10.0. The Labute approximate surface area is 211 Å². The van der Waals surface area contributed by atoms with Gasteiger partial charge in [-0.25, -0.2) is 0 Å². The number of pyridine rings is 1. The van der Waals surface area contributed by atoms with E-state index >= 15 is 0 Å². The number of aromatic nitrogens is 4. The van der Waals surface area contributed by atoms with Crippen LogP contribution in [0.1, 0.15) is 37.7 Å². The summed E-state index contributed by atoms with van der Waals surface area (Å²) in [4.78, 5) is 33.6. The lowest BCUT2D eigenvalue weighted by Gasteiger charge is -2.08.